The van der Waals surface area contributed by atoms with Crippen LogP contribution in [0, 0.1) is 0 Å². The summed E-state index contributed by atoms with van der Waals surface area (Å²) in [6.07, 6.45) is 0.388. The number of aldehydes is 1. The summed E-state index contributed by atoms with van der Waals surface area (Å²) in [6.45, 7) is 1.90. The van der Waals surface area contributed by atoms with Gasteiger partial charge in [0.1, 0.15) is 12.7 Å². The third kappa shape index (κ3) is 6.99. The Bertz CT molecular complexity index is 187. The average molecular weight is 188 g/mol. The van der Waals surface area contributed by atoms with E-state index in [0.29, 0.717) is 6.29 Å². The van der Waals surface area contributed by atoms with E-state index in [9.17, 15) is 14.4 Å². The third-order valence-corrected chi connectivity index (χ3v) is 1.09. The van der Waals surface area contributed by atoms with Crippen molar-refractivity contribution in [3.63, 3.8) is 0 Å². The Morgan fingerprint density at radius 2 is 1.85 bits per heavy atom. The van der Waals surface area contributed by atoms with Crippen LogP contribution in [-0.2, 0) is 23.9 Å². The molecule has 0 bridgehead atoms. The lowest BCUT2D eigenvalue weighted by atomic mass is 10.4. The van der Waals surface area contributed by atoms with Gasteiger partial charge < -0.3 is 14.3 Å². The largest absolute Gasteiger partial charge is 0.466 e. The van der Waals surface area contributed by atoms with Crippen molar-refractivity contribution in [3.8, 4) is 0 Å². The van der Waals surface area contributed by atoms with Crippen molar-refractivity contribution in [1.82, 2.24) is 0 Å². The van der Waals surface area contributed by atoms with Gasteiger partial charge in [-0.15, -0.1) is 0 Å². The normalized spacial score (nSPS) is 9.00. The van der Waals surface area contributed by atoms with Crippen LogP contribution >= 0.6 is 0 Å². The summed E-state index contributed by atoms with van der Waals surface area (Å²) in [7, 11) is 0. The number of carbonyl (C=O) groups excluding carboxylic acids is 3. The molecule has 0 aromatic heterocycles. The number of hydrogen-bond acceptors (Lipinski definition) is 5. The summed E-state index contributed by atoms with van der Waals surface area (Å²) >= 11 is 0. The van der Waals surface area contributed by atoms with Gasteiger partial charge >= 0.3 is 11.9 Å². The standard InChI is InChI=1S/C8H12O5/c1-2-12-7(10)6-8(11)13-5-3-4-9/h4H,2-3,5-6H2,1H3. The molecule has 0 spiro atoms. The lowest BCUT2D eigenvalue weighted by molar-refractivity contribution is -0.154. The summed E-state index contributed by atoms with van der Waals surface area (Å²) in [5.41, 5.74) is 0. The van der Waals surface area contributed by atoms with Crippen molar-refractivity contribution in [2.24, 2.45) is 0 Å². The van der Waals surface area contributed by atoms with Crippen LogP contribution in [0.3, 0.4) is 0 Å². The molecule has 0 saturated heterocycles. The van der Waals surface area contributed by atoms with Gasteiger partial charge in [-0.2, -0.15) is 0 Å². The minimum atomic E-state index is -0.666. The number of esters is 2. The minimum absolute atomic E-state index is 0.0156. The number of hydrogen-bond donors (Lipinski definition) is 0. The molecular weight excluding hydrogens is 176 g/mol. The van der Waals surface area contributed by atoms with E-state index in [0.717, 1.165) is 0 Å². The predicted octanol–water partition coefficient (Wildman–Crippen LogP) is 0.0718. The second-order valence-electron chi connectivity index (χ2n) is 2.16. The van der Waals surface area contributed by atoms with Gasteiger partial charge in [0.25, 0.3) is 0 Å². The van der Waals surface area contributed by atoms with Gasteiger partial charge in [-0.25, -0.2) is 0 Å². The third-order valence-electron chi connectivity index (χ3n) is 1.09. The van der Waals surface area contributed by atoms with Crippen LogP contribution in [0.1, 0.15) is 19.8 Å². The molecule has 13 heavy (non-hydrogen) atoms. The van der Waals surface area contributed by atoms with E-state index in [1.165, 1.54) is 0 Å². The highest BCUT2D eigenvalue weighted by atomic mass is 16.6. The molecule has 0 aromatic rings. The average Bonchev–Trinajstić information content (AvgIpc) is 2.05. The topological polar surface area (TPSA) is 69.7 Å². The molecule has 0 atom stereocenters. The molecule has 0 aliphatic heterocycles. The Hall–Kier alpha value is -1.39. The molecule has 0 heterocycles. The zero-order chi connectivity index (χ0) is 10.1. The Morgan fingerprint density at radius 3 is 2.38 bits per heavy atom. The van der Waals surface area contributed by atoms with Crippen LogP contribution in [0.5, 0.6) is 0 Å². The first-order valence-corrected chi connectivity index (χ1v) is 3.95. The molecule has 0 rings (SSSR count). The summed E-state index contributed by atoms with van der Waals surface area (Å²) in [5.74, 6) is -1.28. The molecule has 5 heteroatoms. The van der Waals surface area contributed by atoms with E-state index in [-0.39, 0.29) is 19.6 Å². The molecule has 0 radical (unpaired) electrons. The fourth-order valence-corrected chi connectivity index (χ4v) is 0.602. The first kappa shape index (κ1) is 11.6. The quantitative estimate of drug-likeness (QED) is 0.255. The first-order chi connectivity index (χ1) is 6.20. The van der Waals surface area contributed by atoms with Gasteiger partial charge in [-0.1, -0.05) is 0 Å². The van der Waals surface area contributed by atoms with E-state index >= 15 is 0 Å². The lowest BCUT2D eigenvalue weighted by Crippen LogP contribution is -2.14. The highest BCUT2D eigenvalue weighted by molar-refractivity contribution is 5.91. The monoisotopic (exact) mass is 188 g/mol. The summed E-state index contributed by atoms with van der Waals surface area (Å²) < 4.78 is 9.04. The van der Waals surface area contributed by atoms with Crippen LogP contribution in [0.2, 0.25) is 0 Å². The highest BCUT2D eigenvalue weighted by Gasteiger charge is 2.10. The molecule has 0 amide bonds. The Morgan fingerprint density at radius 1 is 1.23 bits per heavy atom. The molecule has 0 aliphatic rings. The van der Waals surface area contributed by atoms with E-state index in [2.05, 4.69) is 9.47 Å². The lowest BCUT2D eigenvalue weighted by Gasteiger charge is -2.01. The molecule has 0 N–H and O–H groups in total. The molecule has 0 aromatic carbocycles. The second kappa shape index (κ2) is 7.27. The SMILES string of the molecule is CCOC(=O)CC(=O)OCCC=O. The fourth-order valence-electron chi connectivity index (χ4n) is 0.602. The molecular formula is C8H12O5. The van der Waals surface area contributed by atoms with Crippen LogP contribution in [0.15, 0.2) is 0 Å². The van der Waals surface area contributed by atoms with Crippen molar-refractivity contribution in [3.05, 3.63) is 0 Å². The maximum atomic E-state index is 10.8. The molecule has 0 aliphatic carbocycles. The van der Waals surface area contributed by atoms with Crippen LogP contribution in [0.4, 0.5) is 0 Å². The van der Waals surface area contributed by atoms with Gasteiger partial charge in [0.05, 0.1) is 13.2 Å². The maximum Gasteiger partial charge on any atom is 0.317 e. The number of rotatable bonds is 6. The highest BCUT2D eigenvalue weighted by Crippen LogP contribution is 1.91. The van der Waals surface area contributed by atoms with Crippen molar-refractivity contribution in [1.29, 1.82) is 0 Å². The summed E-state index contributed by atoms with van der Waals surface area (Å²) in [4.78, 5) is 31.3. The van der Waals surface area contributed by atoms with Crippen LogP contribution in [-0.4, -0.2) is 31.4 Å². The van der Waals surface area contributed by atoms with Crippen molar-refractivity contribution < 1.29 is 23.9 Å². The number of carbonyl (C=O) groups is 3. The zero-order valence-electron chi connectivity index (χ0n) is 7.45. The van der Waals surface area contributed by atoms with Crippen LogP contribution < -0.4 is 0 Å². The van der Waals surface area contributed by atoms with Crippen molar-refractivity contribution >= 4 is 18.2 Å². The first-order valence-electron chi connectivity index (χ1n) is 3.95. The van der Waals surface area contributed by atoms with E-state index in [1.807, 2.05) is 0 Å². The molecule has 5 nitrogen and oxygen atoms in total. The zero-order valence-corrected chi connectivity index (χ0v) is 7.45. The van der Waals surface area contributed by atoms with Gasteiger partial charge in [0.15, 0.2) is 0 Å². The number of ether oxygens (including phenoxy) is 2. The van der Waals surface area contributed by atoms with Gasteiger partial charge in [-0.3, -0.25) is 9.59 Å². The van der Waals surface area contributed by atoms with E-state index in [4.69, 9.17) is 0 Å². The minimum Gasteiger partial charge on any atom is -0.466 e. The van der Waals surface area contributed by atoms with Gasteiger partial charge in [0.2, 0.25) is 0 Å². The van der Waals surface area contributed by atoms with Crippen molar-refractivity contribution in [2.45, 2.75) is 19.8 Å². The Kier molecular flexibility index (Phi) is 6.49. The maximum absolute atomic E-state index is 10.8. The smallest absolute Gasteiger partial charge is 0.317 e. The molecule has 0 saturated carbocycles. The second-order valence-corrected chi connectivity index (χ2v) is 2.16. The van der Waals surface area contributed by atoms with Crippen LogP contribution in [0.25, 0.3) is 0 Å². The van der Waals surface area contributed by atoms with Gasteiger partial charge in [-0.05, 0) is 6.92 Å². The predicted molar refractivity (Wildman–Crippen MR) is 42.9 cm³/mol. The van der Waals surface area contributed by atoms with E-state index < -0.39 is 18.4 Å². The Balaban J connectivity index is 3.49. The molecule has 0 unspecified atom stereocenters. The summed E-state index contributed by atoms with van der Waals surface area (Å²) in [6, 6.07) is 0. The molecule has 74 valence electrons. The summed E-state index contributed by atoms with van der Waals surface area (Å²) in [5, 5.41) is 0. The van der Waals surface area contributed by atoms with Gasteiger partial charge in [0, 0.05) is 6.42 Å². The van der Waals surface area contributed by atoms with Crippen molar-refractivity contribution in [2.75, 3.05) is 13.2 Å². The van der Waals surface area contributed by atoms with E-state index in [1.54, 1.807) is 6.92 Å². The Labute approximate surface area is 76.0 Å². The molecule has 0 fully saturated rings. The fraction of sp³-hybridized carbons (Fsp3) is 0.625.